The Morgan fingerprint density at radius 1 is 1.19 bits per heavy atom. The second-order valence-corrected chi connectivity index (χ2v) is 8.61. The average molecular weight is 369 g/mol. The normalized spacial score (nSPS) is 18.6. The largest absolute Gasteiger partial charge is 0.378 e. The standard InChI is InChI=1S/C23H32N2O2/c1-23(2,27)14-11-18-3-5-20(6-4-18)17-25-15-12-19(13-16-25)7-10-22(26)24-21-8-9-21/h3-6,19,21,27H,7-10,12-13,15-17H2,1-2H3,(H,24,26). The van der Waals surface area contributed by atoms with Crippen molar-refractivity contribution in [1.29, 1.82) is 0 Å². The molecule has 27 heavy (non-hydrogen) atoms. The van der Waals surface area contributed by atoms with Crippen LogP contribution in [0.4, 0.5) is 0 Å². The van der Waals surface area contributed by atoms with E-state index in [2.05, 4.69) is 34.2 Å². The number of aliphatic hydroxyl groups is 1. The maximum Gasteiger partial charge on any atom is 0.220 e. The van der Waals surface area contributed by atoms with Crippen molar-refractivity contribution < 1.29 is 9.90 Å². The van der Waals surface area contributed by atoms with Crippen LogP contribution < -0.4 is 5.32 Å². The van der Waals surface area contributed by atoms with Crippen molar-refractivity contribution in [2.24, 2.45) is 5.92 Å². The minimum absolute atomic E-state index is 0.243. The molecule has 0 unspecified atom stereocenters. The van der Waals surface area contributed by atoms with Gasteiger partial charge in [-0.05, 0) is 82.7 Å². The maximum atomic E-state index is 11.8. The molecule has 0 aromatic heterocycles. The molecule has 1 heterocycles. The van der Waals surface area contributed by atoms with Crippen LogP contribution in [-0.2, 0) is 11.3 Å². The fourth-order valence-electron chi connectivity index (χ4n) is 3.47. The van der Waals surface area contributed by atoms with Gasteiger partial charge in [0.05, 0.1) is 0 Å². The van der Waals surface area contributed by atoms with Gasteiger partial charge in [0.1, 0.15) is 5.60 Å². The van der Waals surface area contributed by atoms with Crippen LogP contribution in [0.3, 0.4) is 0 Å². The summed E-state index contributed by atoms with van der Waals surface area (Å²) in [6, 6.07) is 8.79. The predicted octanol–water partition coefficient (Wildman–Crippen LogP) is 3.08. The molecule has 2 N–H and O–H groups in total. The van der Waals surface area contributed by atoms with Crippen molar-refractivity contribution >= 4 is 5.91 Å². The minimum Gasteiger partial charge on any atom is -0.378 e. The third kappa shape index (κ3) is 7.36. The first kappa shape index (κ1) is 19.9. The monoisotopic (exact) mass is 368 g/mol. The molecule has 1 saturated heterocycles. The van der Waals surface area contributed by atoms with E-state index in [1.165, 1.54) is 18.4 Å². The van der Waals surface area contributed by atoms with Gasteiger partial charge in [-0.15, -0.1) is 0 Å². The number of carbonyl (C=O) groups is 1. The molecule has 0 radical (unpaired) electrons. The van der Waals surface area contributed by atoms with Gasteiger partial charge in [-0.1, -0.05) is 24.0 Å². The maximum absolute atomic E-state index is 11.8. The highest BCUT2D eigenvalue weighted by Gasteiger charge is 2.24. The smallest absolute Gasteiger partial charge is 0.220 e. The number of piperidine rings is 1. The molecule has 0 spiro atoms. The highest BCUT2D eigenvalue weighted by Crippen LogP contribution is 2.24. The Bertz CT molecular complexity index is 682. The summed E-state index contributed by atoms with van der Waals surface area (Å²) in [6.07, 6.45) is 6.42. The Hall–Kier alpha value is -1.83. The lowest BCUT2D eigenvalue weighted by Crippen LogP contribution is -2.34. The van der Waals surface area contributed by atoms with E-state index < -0.39 is 5.60 Å². The quantitative estimate of drug-likeness (QED) is 0.759. The molecule has 1 saturated carbocycles. The van der Waals surface area contributed by atoms with Gasteiger partial charge < -0.3 is 10.4 Å². The van der Waals surface area contributed by atoms with Crippen LogP contribution in [0.1, 0.15) is 63.5 Å². The van der Waals surface area contributed by atoms with Crippen molar-refractivity contribution in [3.8, 4) is 11.8 Å². The zero-order chi connectivity index (χ0) is 19.3. The fourth-order valence-corrected chi connectivity index (χ4v) is 3.47. The number of likely N-dealkylation sites (tertiary alicyclic amines) is 1. The Labute approximate surface area is 163 Å². The van der Waals surface area contributed by atoms with Gasteiger partial charge in [-0.3, -0.25) is 9.69 Å². The van der Waals surface area contributed by atoms with E-state index >= 15 is 0 Å². The molecule has 0 atom stereocenters. The molecule has 3 rings (SSSR count). The molecule has 1 aliphatic carbocycles. The topological polar surface area (TPSA) is 52.6 Å². The Morgan fingerprint density at radius 3 is 2.44 bits per heavy atom. The lowest BCUT2D eigenvalue weighted by Gasteiger charge is -2.32. The lowest BCUT2D eigenvalue weighted by atomic mass is 9.92. The molecule has 1 aromatic rings. The van der Waals surface area contributed by atoms with E-state index in [4.69, 9.17) is 0 Å². The van der Waals surface area contributed by atoms with Gasteiger partial charge in [-0.25, -0.2) is 0 Å². The summed E-state index contributed by atoms with van der Waals surface area (Å²) >= 11 is 0. The number of benzene rings is 1. The van der Waals surface area contributed by atoms with Gasteiger partial charge in [0, 0.05) is 24.6 Å². The summed E-state index contributed by atoms with van der Waals surface area (Å²) < 4.78 is 0. The molecule has 2 aliphatic rings. The number of amides is 1. The number of nitrogens with one attached hydrogen (secondary N) is 1. The van der Waals surface area contributed by atoms with Crippen LogP contribution in [0.2, 0.25) is 0 Å². The number of hydrogen-bond acceptors (Lipinski definition) is 3. The second-order valence-electron chi connectivity index (χ2n) is 8.61. The predicted molar refractivity (Wildman–Crippen MR) is 108 cm³/mol. The first-order chi connectivity index (χ1) is 12.9. The fraction of sp³-hybridized carbons (Fsp3) is 0.609. The van der Waals surface area contributed by atoms with Crippen LogP contribution in [-0.4, -0.2) is 40.6 Å². The number of rotatable bonds is 6. The summed E-state index contributed by atoms with van der Waals surface area (Å²) in [5, 5.41) is 12.8. The summed E-state index contributed by atoms with van der Waals surface area (Å²) in [5.41, 5.74) is 1.27. The Balaban J connectivity index is 1.38. The molecule has 4 heteroatoms. The molecule has 2 fully saturated rings. The van der Waals surface area contributed by atoms with E-state index in [9.17, 15) is 9.90 Å². The first-order valence-electron chi connectivity index (χ1n) is 10.2. The van der Waals surface area contributed by atoms with Crippen molar-refractivity contribution in [3.63, 3.8) is 0 Å². The summed E-state index contributed by atoms with van der Waals surface area (Å²) in [5.74, 6) is 6.79. The first-order valence-corrected chi connectivity index (χ1v) is 10.2. The van der Waals surface area contributed by atoms with E-state index in [0.717, 1.165) is 44.5 Å². The zero-order valence-corrected chi connectivity index (χ0v) is 16.6. The van der Waals surface area contributed by atoms with E-state index in [-0.39, 0.29) is 5.91 Å². The molecule has 0 bridgehead atoms. The SMILES string of the molecule is CC(C)(O)C#Cc1ccc(CN2CCC(CCC(=O)NC3CC3)CC2)cc1. The van der Waals surface area contributed by atoms with Crippen molar-refractivity contribution in [2.45, 2.75) is 70.6 Å². The second kappa shape index (κ2) is 8.91. The molecule has 1 aromatic carbocycles. The van der Waals surface area contributed by atoms with Crippen LogP contribution in [0.5, 0.6) is 0 Å². The van der Waals surface area contributed by atoms with Gasteiger partial charge in [-0.2, -0.15) is 0 Å². The van der Waals surface area contributed by atoms with Crippen LogP contribution in [0.25, 0.3) is 0 Å². The summed E-state index contributed by atoms with van der Waals surface area (Å²) in [4.78, 5) is 14.3. The molecule has 4 nitrogen and oxygen atoms in total. The van der Waals surface area contributed by atoms with Crippen LogP contribution >= 0.6 is 0 Å². The van der Waals surface area contributed by atoms with Crippen molar-refractivity contribution in [1.82, 2.24) is 10.2 Å². The third-order valence-corrected chi connectivity index (χ3v) is 5.30. The summed E-state index contributed by atoms with van der Waals surface area (Å²) in [6.45, 7) is 6.56. The van der Waals surface area contributed by atoms with Crippen LogP contribution in [0, 0.1) is 17.8 Å². The molecular weight excluding hydrogens is 336 g/mol. The number of nitrogens with zero attached hydrogens (tertiary/aromatic N) is 1. The van der Waals surface area contributed by atoms with Gasteiger partial charge in [0.2, 0.25) is 5.91 Å². The van der Waals surface area contributed by atoms with Gasteiger partial charge >= 0.3 is 0 Å². The van der Waals surface area contributed by atoms with E-state index in [0.29, 0.717) is 18.4 Å². The average Bonchev–Trinajstić information content (AvgIpc) is 3.44. The van der Waals surface area contributed by atoms with E-state index in [1.54, 1.807) is 13.8 Å². The molecule has 1 amide bonds. The number of carbonyl (C=O) groups excluding carboxylic acids is 1. The molecule has 146 valence electrons. The molecular formula is C23H32N2O2. The zero-order valence-electron chi connectivity index (χ0n) is 16.6. The van der Waals surface area contributed by atoms with Crippen molar-refractivity contribution in [2.75, 3.05) is 13.1 Å². The van der Waals surface area contributed by atoms with Crippen LogP contribution in [0.15, 0.2) is 24.3 Å². The number of hydrogen-bond donors (Lipinski definition) is 2. The summed E-state index contributed by atoms with van der Waals surface area (Å²) in [7, 11) is 0. The van der Waals surface area contributed by atoms with Crippen molar-refractivity contribution in [3.05, 3.63) is 35.4 Å². The lowest BCUT2D eigenvalue weighted by molar-refractivity contribution is -0.121. The Kier molecular flexibility index (Phi) is 6.57. The third-order valence-electron chi connectivity index (χ3n) is 5.30. The highest BCUT2D eigenvalue weighted by molar-refractivity contribution is 5.76. The Morgan fingerprint density at radius 2 is 1.85 bits per heavy atom. The van der Waals surface area contributed by atoms with Gasteiger partial charge in [0.25, 0.3) is 0 Å². The van der Waals surface area contributed by atoms with E-state index in [1.807, 2.05) is 12.1 Å². The van der Waals surface area contributed by atoms with Gasteiger partial charge in [0.15, 0.2) is 0 Å². The minimum atomic E-state index is -0.957. The highest BCUT2D eigenvalue weighted by atomic mass is 16.3. The molecule has 1 aliphatic heterocycles.